The highest BCUT2D eigenvalue weighted by atomic mass is 32.2. The fourth-order valence-electron chi connectivity index (χ4n) is 2.83. The molecule has 1 atom stereocenters. The zero-order valence-electron chi connectivity index (χ0n) is 13.6. The van der Waals surface area contributed by atoms with Crippen molar-refractivity contribution in [1.29, 1.82) is 0 Å². The van der Waals surface area contributed by atoms with Gasteiger partial charge in [-0.2, -0.15) is 4.31 Å². The lowest BCUT2D eigenvalue weighted by atomic mass is 10.2. The number of nitrogens with zero attached hydrogens (tertiary/aromatic N) is 2. The molecule has 1 aliphatic heterocycles. The van der Waals surface area contributed by atoms with Crippen LogP contribution in [0.1, 0.15) is 17.4 Å². The number of aliphatic hydroxyl groups excluding tert-OH is 1. The molecular weight excluding hydrogens is 328 g/mol. The van der Waals surface area contributed by atoms with Crippen molar-refractivity contribution < 1.29 is 17.9 Å². The van der Waals surface area contributed by atoms with E-state index < -0.39 is 16.1 Å². The average molecular weight is 350 g/mol. The molecule has 0 unspecified atom stereocenters. The maximum absolute atomic E-state index is 12.7. The van der Waals surface area contributed by atoms with E-state index in [2.05, 4.69) is 0 Å². The topological polar surface area (TPSA) is 74.0 Å². The Labute approximate surface area is 142 Å². The van der Waals surface area contributed by atoms with Crippen LogP contribution in [-0.4, -0.2) is 55.5 Å². The fraction of sp³-hybridized carbons (Fsp3) is 0.412. The first-order valence-electron chi connectivity index (χ1n) is 7.97. The summed E-state index contributed by atoms with van der Waals surface area (Å²) in [6, 6.07) is 10.4. The number of piperazine rings is 1. The molecule has 0 amide bonds. The van der Waals surface area contributed by atoms with Gasteiger partial charge >= 0.3 is 0 Å². The smallest absolute Gasteiger partial charge is 0.243 e. The standard InChI is InChI=1S/C17H22N2O4S/c1-14-4-6-15(7-5-14)24(21,22)19-10-8-18(9-11-19)13-16(20)17-3-2-12-23-17/h2-7,12,16,20H,8-11,13H2,1H3/t16-/m0/s1. The molecule has 3 rings (SSSR count). The summed E-state index contributed by atoms with van der Waals surface area (Å²) in [5, 5.41) is 10.1. The van der Waals surface area contributed by atoms with Crippen LogP contribution in [0.25, 0.3) is 0 Å². The highest BCUT2D eigenvalue weighted by Crippen LogP contribution is 2.20. The summed E-state index contributed by atoms with van der Waals surface area (Å²) >= 11 is 0. The third-order valence-corrected chi connectivity index (χ3v) is 6.21. The minimum Gasteiger partial charge on any atom is -0.467 e. The quantitative estimate of drug-likeness (QED) is 0.887. The monoisotopic (exact) mass is 350 g/mol. The van der Waals surface area contributed by atoms with Gasteiger partial charge in [0.15, 0.2) is 0 Å². The van der Waals surface area contributed by atoms with Crippen molar-refractivity contribution in [3.8, 4) is 0 Å². The molecule has 0 aliphatic carbocycles. The van der Waals surface area contributed by atoms with Crippen LogP contribution < -0.4 is 0 Å². The van der Waals surface area contributed by atoms with Crippen molar-refractivity contribution in [3.05, 3.63) is 54.0 Å². The fourth-order valence-corrected chi connectivity index (χ4v) is 4.25. The van der Waals surface area contributed by atoms with Gasteiger partial charge < -0.3 is 9.52 Å². The molecule has 0 saturated carbocycles. The number of hydrogen-bond acceptors (Lipinski definition) is 5. The molecular formula is C17H22N2O4S. The molecule has 2 aromatic rings. The number of benzene rings is 1. The lowest BCUT2D eigenvalue weighted by Crippen LogP contribution is -2.49. The third kappa shape index (κ3) is 3.70. The zero-order valence-corrected chi connectivity index (χ0v) is 14.4. The highest BCUT2D eigenvalue weighted by molar-refractivity contribution is 7.89. The van der Waals surface area contributed by atoms with Gasteiger partial charge in [-0.05, 0) is 31.2 Å². The second-order valence-corrected chi connectivity index (χ2v) is 7.99. The van der Waals surface area contributed by atoms with E-state index in [1.807, 2.05) is 24.0 Å². The number of rotatable bonds is 5. The van der Waals surface area contributed by atoms with Crippen LogP contribution in [0.2, 0.25) is 0 Å². The van der Waals surface area contributed by atoms with Gasteiger partial charge in [0.05, 0.1) is 11.2 Å². The Morgan fingerprint density at radius 3 is 2.38 bits per heavy atom. The van der Waals surface area contributed by atoms with Crippen molar-refractivity contribution in [1.82, 2.24) is 9.21 Å². The average Bonchev–Trinajstić information content (AvgIpc) is 3.10. The van der Waals surface area contributed by atoms with Crippen molar-refractivity contribution in [2.75, 3.05) is 32.7 Å². The molecule has 2 heterocycles. The van der Waals surface area contributed by atoms with Crippen LogP contribution in [0, 0.1) is 6.92 Å². The van der Waals surface area contributed by atoms with Gasteiger partial charge in [0.2, 0.25) is 10.0 Å². The minimum absolute atomic E-state index is 0.331. The molecule has 1 N–H and O–H groups in total. The van der Waals surface area contributed by atoms with E-state index >= 15 is 0 Å². The van der Waals surface area contributed by atoms with Crippen molar-refractivity contribution in [2.45, 2.75) is 17.9 Å². The van der Waals surface area contributed by atoms with Crippen LogP contribution in [0.15, 0.2) is 52.0 Å². The van der Waals surface area contributed by atoms with Gasteiger partial charge in [-0.25, -0.2) is 8.42 Å². The van der Waals surface area contributed by atoms with Crippen LogP contribution >= 0.6 is 0 Å². The Bertz CT molecular complexity index is 748. The second kappa shape index (κ2) is 7.06. The lowest BCUT2D eigenvalue weighted by molar-refractivity contribution is 0.0776. The van der Waals surface area contributed by atoms with E-state index in [0.717, 1.165) is 5.56 Å². The zero-order chi connectivity index (χ0) is 17.2. The normalized spacial score (nSPS) is 18.6. The molecule has 7 heteroatoms. The highest BCUT2D eigenvalue weighted by Gasteiger charge is 2.29. The van der Waals surface area contributed by atoms with Crippen LogP contribution in [0.3, 0.4) is 0 Å². The predicted molar refractivity (Wildman–Crippen MR) is 90.0 cm³/mol. The first-order chi connectivity index (χ1) is 11.5. The minimum atomic E-state index is -3.45. The first kappa shape index (κ1) is 17.2. The van der Waals surface area contributed by atoms with Gasteiger partial charge in [0.25, 0.3) is 0 Å². The Morgan fingerprint density at radius 1 is 1.12 bits per heavy atom. The van der Waals surface area contributed by atoms with Crippen LogP contribution in [0.5, 0.6) is 0 Å². The van der Waals surface area contributed by atoms with E-state index in [4.69, 9.17) is 4.42 Å². The molecule has 6 nitrogen and oxygen atoms in total. The first-order valence-corrected chi connectivity index (χ1v) is 9.41. The van der Waals surface area contributed by atoms with Crippen LogP contribution in [-0.2, 0) is 10.0 Å². The molecule has 1 saturated heterocycles. The van der Waals surface area contributed by atoms with Gasteiger partial charge in [-0.3, -0.25) is 4.90 Å². The summed E-state index contributed by atoms with van der Waals surface area (Å²) in [6.45, 7) is 4.37. The Hall–Kier alpha value is -1.67. The van der Waals surface area contributed by atoms with Gasteiger partial charge in [0, 0.05) is 32.7 Å². The largest absolute Gasteiger partial charge is 0.467 e. The maximum Gasteiger partial charge on any atom is 0.243 e. The summed E-state index contributed by atoms with van der Waals surface area (Å²) < 4.78 is 32.0. The van der Waals surface area contributed by atoms with Gasteiger partial charge in [-0.15, -0.1) is 0 Å². The van der Waals surface area contributed by atoms with Crippen molar-refractivity contribution in [2.24, 2.45) is 0 Å². The summed E-state index contributed by atoms with van der Waals surface area (Å²) in [5.74, 6) is 0.532. The summed E-state index contributed by atoms with van der Waals surface area (Å²) in [6.07, 6.45) is 0.838. The van der Waals surface area contributed by atoms with E-state index in [-0.39, 0.29) is 0 Å². The molecule has 130 valence electrons. The van der Waals surface area contributed by atoms with E-state index in [0.29, 0.717) is 43.4 Å². The molecule has 0 radical (unpaired) electrons. The number of hydrogen-bond donors (Lipinski definition) is 1. The van der Waals surface area contributed by atoms with E-state index in [9.17, 15) is 13.5 Å². The van der Waals surface area contributed by atoms with E-state index in [1.165, 1.54) is 10.6 Å². The Balaban J connectivity index is 1.59. The molecule has 24 heavy (non-hydrogen) atoms. The van der Waals surface area contributed by atoms with Crippen molar-refractivity contribution in [3.63, 3.8) is 0 Å². The lowest BCUT2D eigenvalue weighted by Gasteiger charge is -2.34. The number of aryl methyl sites for hydroxylation is 1. The Morgan fingerprint density at radius 2 is 1.79 bits per heavy atom. The Kier molecular flexibility index (Phi) is 5.05. The predicted octanol–water partition coefficient (Wildman–Crippen LogP) is 1.63. The second-order valence-electron chi connectivity index (χ2n) is 6.05. The van der Waals surface area contributed by atoms with Gasteiger partial charge in [0.1, 0.15) is 11.9 Å². The van der Waals surface area contributed by atoms with Gasteiger partial charge in [-0.1, -0.05) is 17.7 Å². The number of sulfonamides is 1. The summed E-state index contributed by atoms with van der Waals surface area (Å²) in [5.41, 5.74) is 1.03. The number of furan rings is 1. The number of β-amino-alcohol motifs (C(OH)–C–C–N with tert-alkyl or cyclic N) is 1. The van der Waals surface area contributed by atoms with Crippen LogP contribution in [0.4, 0.5) is 0 Å². The van der Waals surface area contributed by atoms with E-state index in [1.54, 1.807) is 24.3 Å². The van der Waals surface area contributed by atoms with Crippen molar-refractivity contribution >= 4 is 10.0 Å². The molecule has 1 aromatic heterocycles. The third-order valence-electron chi connectivity index (χ3n) is 4.29. The molecule has 0 spiro atoms. The molecule has 1 aliphatic rings. The maximum atomic E-state index is 12.7. The SMILES string of the molecule is Cc1ccc(S(=O)(=O)N2CCN(C[C@H](O)c3ccco3)CC2)cc1. The summed E-state index contributed by atoms with van der Waals surface area (Å²) in [7, 11) is -3.45. The summed E-state index contributed by atoms with van der Waals surface area (Å²) in [4.78, 5) is 2.38. The molecule has 1 aromatic carbocycles. The molecule has 1 fully saturated rings. The number of aliphatic hydroxyl groups is 1. The molecule has 0 bridgehead atoms.